The van der Waals surface area contributed by atoms with Crippen LogP contribution < -0.4 is 0 Å². The Morgan fingerprint density at radius 1 is 1.24 bits per heavy atom. The highest BCUT2D eigenvalue weighted by Crippen LogP contribution is 2.06. The van der Waals surface area contributed by atoms with Gasteiger partial charge in [0.15, 0.2) is 5.65 Å². The minimum atomic E-state index is 0.827. The van der Waals surface area contributed by atoms with Crippen molar-refractivity contribution in [2.45, 2.75) is 6.54 Å². The fourth-order valence-electron chi connectivity index (χ4n) is 2.02. The van der Waals surface area contributed by atoms with Crippen molar-refractivity contribution in [3.8, 4) is 0 Å². The summed E-state index contributed by atoms with van der Waals surface area (Å²) in [5.74, 6) is 0. The largest absolute Gasteiger partial charge is 0.379 e. The Morgan fingerprint density at radius 2 is 2.12 bits per heavy atom. The van der Waals surface area contributed by atoms with Gasteiger partial charge in [0.25, 0.3) is 0 Å². The fourth-order valence-corrected chi connectivity index (χ4v) is 2.02. The van der Waals surface area contributed by atoms with Crippen molar-refractivity contribution in [3.63, 3.8) is 0 Å². The van der Waals surface area contributed by atoms with Crippen molar-refractivity contribution < 1.29 is 4.74 Å². The van der Waals surface area contributed by atoms with Crippen molar-refractivity contribution in [3.05, 3.63) is 18.3 Å². The average Bonchev–Trinajstić information content (AvgIpc) is 2.81. The van der Waals surface area contributed by atoms with Crippen LogP contribution in [0.25, 0.3) is 11.2 Å². The van der Waals surface area contributed by atoms with Crippen LogP contribution in [0.3, 0.4) is 0 Å². The Kier molecular flexibility index (Phi) is 2.98. The Hall–Kier alpha value is -1.53. The molecule has 6 heteroatoms. The summed E-state index contributed by atoms with van der Waals surface area (Å²) in [5, 5.41) is 8.22. The van der Waals surface area contributed by atoms with Crippen LogP contribution >= 0.6 is 0 Å². The molecule has 0 bridgehead atoms. The van der Waals surface area contributed by atoms with Gasteiger partial charge >= 0.3 is 0 Å². The lowest BCUT2D eigenvalue weighted by atomic mass is 10.4. The SMILES string of the molecule is c1cnc2c(c1)nnn2CCN1CCOCC1. The third-order valence-electron chi connectivity index (χ3n) is 3.00. The number of fused-ring (bicyclic) bond motifs is 1. The molecule has 6 nitrogen and oxygen atoms in total. The van der Waals surface area contributed by atoms with E-state index in [0.29, 0.717) is 0 Å². The molecule has 90 valence electrons. The molecule has 0 saturated carbocycles. The molecule has 2 aromatic heterocycles. The second kappa shape index (κ2) is 4.77. The number of hydrogen-bond acceptors (Lipinski definition) is 5. The van der Waals surface area contributed by atoms with Crippen LogP contribution in [0.5, 0.6) is 0 Å². The smallest absolute Gasteiger partial charge is 0.178 e. The highest BCUT2D eigenvalue weighted by atomic mass is 16.5. The van der Waals surface area contributed by atoms with Gasteiger partial charge in [0.1, 0.15) is 5.52 Å². The summed E-state index contributed by atoms with van der Waals surface area (Å²) >= 11 is 0. The van der Waals surface area contributed by atoms with E-state index in [1.807, 2.05) is 16.8 Å². The molecule has 3 heterocycles. The van der Waals surface area contributed by atoms with Crippen LogP contribution in [-0.4, -0.2) is 57.7 Å². The second-order valence-electron chi connectivity index (χ2n) is 4.11. The first kappa shape index (κ1) is 10.6. The van der Waals surface area contributed by atoms with Crippen LogP contribution in [0.2, 0.25) is 0 Å². The lowest BCUT2D eigenvalue weighted by molar-refractivity contribution is 0.0360. The Balaban J connectivity index is 1.68. The topological polar surface area (TPSA) is 56.1 Å². The van der Waals surface area contributed by atoms with Gasteiger partial charge in [-0.25, -0.2) is 9.67 Å². The molecular weight excluding hydrogens is 218 g/mol. The Morgan fingerprint density at radius 3 is 3.00 bits per heavy atom. The number of rotatable bonds is 3. The number of hydrogen-bond donors (Lipinski definition) is 0. The molecule has 0 amide bonds. The standard InChI is InChI=1S/C11H15N5O/c1-2-10-11(12-3-1)16(14-13-10)5-4-15-6-8-17-9-7-15/h1-3H,4-9H2. The molecule has 17 heavy (non-hydrogen) atoms. The van der Waals surface area contributed by atoms with E-state index in [2.05, 4.69) is 20.2 Å². The van der Waals surface area contributed by atoms with Gasteiger partial charge in [-0.1, -0.05) is 5.21 Å². The number of aromatic nitrogens is 4. The van der Waals surface area contributed by atoms with Crippen LogP contribution in [0.4, 0.5) is 0 Å². The second-order valence-corrected chi connectivity index (χ2v) is 4.11. The maximum atomic E-state index is 5.32. The fraction of sp³-hybridized carbons (Fsp3) is 0.545. The summed E-state index contributed by atoms with van der Waals surface area (Å²) in [5.41, 5.74) is 1.72. The maximum Gasteiger partial charge on any atom is 0.178 e. The molecular formula is C11H15N5O. The highest BCUT2D eigenvalue weighted by Gasteiger charge is 2.11. The molecule has 1 aliphatic rings. The first-order valence-electron chi connectivity index (χ1n) is 5.88. The molecule has 3 rings (SSSR count). The van der Waals surface area contributed by atoms with E-state index in [1.165, 1.54) is 0 Å². The van der Waals surface area contributed by atoms with Crippen molar-refractivity contribution >= 4 is 11.2 Å². The highest BCUT2D eigenvalue weighted by molar-refractivity contribution is 5.68. The molecule has 1 saturated heterocycles. The number of pyridine rings is 1. The average molecular weight is 233 g/mol. The summed E-state index contributed by atoms with van der Waals surface area (Å²) in [6.07, 6.45) is 1.77. The first-order valence-corrected chi connectivity index (χ1v) is 5.88. The Bertz CT molecular complexity index is 491. The summed E-state index contributed by atoms with van der Waals surface area (Å²) in [4.78, 5) is 6.67. The normalized spacial score (nSPS) is 17.6. The van der Waals surface area contributed by atoms with E-state index in [0.717, 1.165) is 50.6 Å². The van der Waals surface area contributed by atoms with Crippen molar-refractivity contribution in [2.75, 3.05) is 32.8 Å². The Labute approximate surface area is 99.2 Å². The van der Waals surface area contributed by atoms with Crippen molar-refractivity contribution in [2.24, 2.45) is 0 Å². The number of morpholine rings is 1. The summed E-state index contributed by atoms with van der Waals surface area (Å²) in [6.45, 7) is 5.46. The number of ether oxygens (including phenoxy) is 1. The third-order valence-corrected chi connectivity index (χ3v) is 3.00. The molecule has 0 unspecified atom stereocenters. The molecule has 0 spiro atoms. The monoisotopic (exact) mass is 233 g/mol. The van der Waals surface area contributed by atoms with Crippen molar-refractivity contribution in [1.29, 1.82) is 0 Å². The van der Waals surface area contributed by atoms with E-state index in [4.69, 9.17) is 4.74 Å². The maximum absolute atomic E-state index is 5.32. The van der Waals surface area contributed by atoms with Gasteiger partial charge in [-0.05, 0) is 12.1 Å². The van der Waals surface area contributed by atoms with E-state index in [-0.39, 0.29) is 0 Å². The molecule has 0 aromatic carbocycles. The molecule has 1 aliphatic heterocycles. The van der Waals surface area contributed by atoms with Gasteiger partial charge in [-0.15, -0.1) is 5.10 Å². The van der Waals surface area contributed by atoms with E-state index in [9.17, 15) is 0 Å². The lowest BCUT2D eigenvalue weighted by Gasteiger charge is -2.26. The summed E-state index contributed by atoms with van der Waals surface area (Å²) in [6, 6.07) is 3.81. The zero-order valence-electron chi connectivity index (χ0n) is 9.62. The van der Waals surface area contributed by atoms with Gasteiger partial charge in [0, 0.05) is 25.8 Å². The van der Waals surface area contributed by atoms with Crippen LogP contribution in [-0.2, 0) is 11.3 Å². The summed E-state index contributed by atoms with van der Waals surface area (Å²) < 4.78 is 7.18. The van der Waals surface area contributed by atoms with E-state index >= 15 is 0 Å². The third kappa shape index (κ3) is 2.27. The van der Waals surface area contributed by atoms with Crippen LogP contribution in [0.15, 0.2) is 18.3 Å². The van der Waals surface area contributed by atoms with Gasteiger partial charge in [-0.3, -0.25) is 4.90 Å². The molecule has 2 aromatic rings. The quantitative estimate of drug-likeness (QED) is 0.755. The lowest BCUT2D eigenvalue weighted by Crippen LogP contribution is -2.38. The zero-order valence-corrected chi connectivity index (χ0v) is 9.62. The van der Waals surface area contributed by atoms with E-state index < -0.39 is 0 Å². The molecule has 0 N–H and O–H groups in total. The van der Waals surface area contributed by atoms with Gasteiger partial charge in [-0.2, -0.15) is 0 Å². The molecule has 1 fully saturated rings. The van der Waals surface area contributed by atoms with Crippen molar-refractivity contribution in [1.82, 2.24) is 24.9 Å². The van der Waals surface area contributed by atoms with E-state index in [1.54, 1.807) is 6.20 Å². The van der Waals surface area contributed by atoms with Gasteiger partial charge in [0.2, 0.25) is 0 Å². The molecule has 0 radical (unpaired) electrons. The molecule has 0 aliphatic carbocycles. The van der Waals surface area contributed by atoms with Gasteiger partial charge < -0.3 is 4.74 Å². The summed E-state index contributed by atoms with van der Waals surface area (Å²) in [7, 11) is 0. The predicted molar refractivity (Wildman–Crippen MR) is 62.6 cm³/mol. The number of nitrogens with zero attached hydrogens (tertiary/aromatic N) is 5. The minimum Gasteiger partial charge on any atom is -0.379 e. The molecule has 0 atom stereocenters. The van der Waals surface area contributed by atoms with Gasteiger partial charge in [0.05, 0.1) is 19.8 Å². The predicted octanol–water partition coefficient (Wildman–Crippen LogP) is 0.158. The minimum absolute atomic E-state index is 0.827. The van der Waals surface area contributed by atoms with Crippen LogP contribution in [0.1, 0.15) is 0 Å². The van der Waals surface area contributed by atoms with Crippen LogP contribution in [0, 0.1) is 0 Å². The zero-order chi connectivity index (χ0) is 11.5. The first-order chi connectivity index (χ1) is 8.43.